The Hall–Kier alpha value is -2.25. The van der Waals surface area contributed by atoms with Gasteiger partial charge in [-0.3, -0.25) is 8.98 Å². The summed E-state index contributed by atoms with van der Waals surface area (Å²) in [5.41, 5.74) is 6.06. The fourth-order valence-electron chi connectivity index (χ4n) is 1.47. The predicted octanol–water partition coefficient (Wildman–Crippen LogP) is 1.09. The molecule has 2 N–H and O–H groups in total. The molecule has 7 heteroatoms. The zero-order valence-corrected chi connectivity index (χ0v) is 11.2. The largest absolute Gasteiger partial charge is 0.366 e. The Morgan fingerprint density at radius 2 is 1.85 bits per heavy atom. The SMILES string of the molecule is NC(=O)c1ccc(COS(=O)(=O)c2ccccn2)cc1. The minimum atomic E-state index is -3.89. The molecule has 20 heavy (non-hydrogen) atoms. The van der Waals surface area contributed by atoms with Crippen LogP contribution in [0, 0.1) is 0 Å². The number of carbonyl (C=O) groups excluding carboxylic acids is 1. The van der Waals surface area contributed by atoms with Gasteiger partial charge in [0.1, 0.15) is 0 Å². The Bertz CT molecular complexity index is 697. The molecule has 0 aliphatic carbocycles. The van der Waals surface area contributed by atoms with Crippen LogP contribution in [-0.2, 0) is 20.9 Å². The molecular weight excluding hydrogens is 280 g/mol. The third-order valence-electron chi connectivity index (χ3n) is 2.51. The molecule has 104 valence electrons. The van der Waals surface area contributed by atoms with Crippen molar-refractivity contribution in [3.8, 4) is 0 Å². The van der Waals surface area contributed by atoms with Crippen LogP contribution in [0.2, 0.25) is 0 Å². The van der Waals surface area contributed by atoms with Gasteiger partial charge in [0.25, 0.3) is 0 Å². The van der Waals surface area contributed by atoms with Crippen molar-refractivity contribution in [2.45, 2.75) is 11.6 Å². The summed E-state index contributed by atoms with van der Waals surface area (Å²) in [6, 6.07) is 10.7. The van der Waals surface area contributed by atoms with Crippen LogP contribution in [-0.4, -0.2) is 19.3 Å². The minimum absolute atomic E-state index is 0.141. The first-order valence-electron chi connectivity index (χ1n) is 5.68. The number of nitrogens with two attached hydrogens (primary N) is 1. The van der Waals surface area contributed by atoms with Crippen molar-refractivity contribution in [2.24, 2.45) is 5.73 Å². The van der Waals surface area contributed by atoms with Gasteiger partial charge in [-0.2, -0.15) is 8.42 Å². The maximum atomic E-state index is 11.8. The average Bonchev–Trinajstić information content (AvgIpc) is 2.46. The smallest absolute Gasteiger partial charge is 0.314 e. The Kier molecular flexibility index (Phi) is 4.11. The van der Waals surface area contributed by atoms with E-state index in [0.717, 1.165) is 0 Å². The summed E-state index contributed by atoms with van der Waals surface area (Å²) < 4.78 is 28.5. The van der Waals surface area contributed by atoms with Gasteiger partial charge >= 0.3 is 10.1 Å². The molecule has 1 aromatic heterocycles. The summed E-state index contributed by atoms with van der Waals surface area (Å²) in [7, 11) is -3.89. The van der Waals surface area contributed by atoms with E-state index in [2.05, 4.69) is 4.98 Å². The zero-order chi connectivity index (χ0) is 14.6. The molecule has 1 heterocycles. The highest BCUT2D eigenvalue weighted by molar-refractivity contribution is 7.86. The maximum Gasteiger partial charge on any atom is 0.314 e. The first kappa shape index (κ1) is 14.2. The zero-order valence-electron chi connectivity index (χ0n) is 10.4. The summed E-state index contributed by atoms with van der Waals surface area (Å²) in [6.07, 6.45) is 1.37. The van der Waals surface area contributed by atoms with E-state index in [0.29, 0.717) is 11.1 Å². The number of hydrogen-bond acceptors (Lipinski definition) is 5. The van der Waals surface area contributed by atoms with Crippen molar-refractivity contribution in [3.63, 3.8) is 0 Å². The highest BCUT2D eigenvalue weighted by atomic mass is 32.2. The monoisotopic (exact) mass is 292 g/mol. The number of aromatic nitrogens is 1. The molecule has 0 aliphatic rings. The molecule has 2 rings (SSSR count). The number of hydrogen-bond donors (Lipinski definition) is 1. The summed E-state index contributed by atoms with van der Waals surface area (Å²) in [5, 5.41) is -0.145. The molecule has 0 fully saturated rings. The van der Waals surface area contributed by atoms with E-state index >= 15 is 0 Å². The summed E-state index contributed by atoms with van der Waals surface area (Å²) >= 11 is 0. The molecule has 1 aromatic carbocycles. The predicted molar refractivity (Wildman–Crippen MR) is 71.2 cm³/mol. The van der Waals surface area contributed by atoms with E-state index in [-0.39, 0.29) is 11.6 Å². The Morgan fingerprint density at radius 1 is 1.15 bits per heavy atom. The highest BCUT2D eigenvalue weighted by Crippen LogP contribution is 2.12. The lowest BCUT2D eigenvalue weighted by Crippen LogP contribution is -2.11. The molecule has 0 bridgehead atoms. The van der Waals surface area contributed by atoms with Crippen LogP contribution in [0.1, 0.15) is 15.9 Å². The lowest BCUT2D eigenvalue weighted by atomic mass is 10.1. The van der Waals surface area contributed by atoms with Gasteiger partial charge in [-0.25, -0.2) is 4.98 Å². The highest BCUT2D eigenvalue weighted by Gasteiger charge is 2.16. The van der Waals surface area contributed by atoms with Gasteiger partial charge in [-0.05, 0) is 29.8 Å². The molecule has 1 amide bonds. The number of benzene rings is 1. The molecule has 0 saturated heterocycles. The fourth-order valence-corrected chi connectivity index (χ4v) is 2.31. The molecule has 0 saturated carbocycles. The van der Waals surface area contributed by atoms with Crippen molar-refractivity contribution in [1.82, 2.24) is 4.98 Å². The van der Waals surface area contributed by atoms with Crippen molar-refractivity contribution >= 4 is 16.0 Å². The van der Waals surface area contributed by atoms with Gasteiger partial charge in [0.05, 0.1) is 6.61 Å². The molecule has 0 atom stereocenters. The second-order valence-corrected chi connectivity index (χ2v) is 5.51. The van der Waals surface area contributed by atoms with Crippen LogP contribution in [0.15, 0.2) is 53.7 Å². The van der Waals surface area contributed by atoms with Crippen LogP contribution in [0.3, 0.4) is 0 Å². The molecule has 0 spiro atoms. The maximum absolute atomic E-state index is 11.8. The third kappa shape index (κ3) is 3.40. The number of amides is 1. The number of nitrogens with zero attached hydrogens (tertiary/aromatic N) is 1. The Morgan fingerprint density at radius 3 is 2.40 bits per heavy atom. The van der Waals surface area contributed by atoms with Crippen molar-refractivity contribution < 1.29 is 17.4 Å². The molecular formula is C13H12N2O4S. The second kappa shape index (κ2) is 5.81. The lowest BCUT2D eigenvalue weighted by molar-refractivity contribution is 0.1000. The number of rotatable bonds is 5. The second-order valence-electron chi connectivity index (χ2n) is 3.95. The standard InChI is InChI=1S/C13H12N2O4S/c14-13(16)11-6-4-10(5-7-11)9-19-20(17,18)12-3-1-2-8-15-12/h1-8H,9H2,(H2,14,16). The van der Waals surface area contributed by atoms with E-state index in [4.69, 9.17) is 9.92 Å². The summed E-state index contributed by atoms with van der Waals surface area (Å²) in [6.45, 7) is -0.141. The quantitative estimate of drug-likeness (QED) is 0.831. The Balaban J connectivity index is 2.07. The molecule has 2 aromatic rings. The van der Waals surface area contributed by atoms with Gasteiger partial charge in [-0.1, -0.05) is 18.2 Å². The number of primary amides is 1. The van der Waals surface area contributed by atoms with Gasteiger partial charge in [0, 0.05) is 11.8 Å². The van der Waals surface area contributed by atoms with Crippen molar-refractivity contribution in [1.29, 1.82) is 0 Å². The molecule has 6 nitrogen and oxygen atoms in total. The number of carbonyl (C=O) groups is 1. The van der Waals surface area contributed by atoms with Crippen LogP contribution in [0.4, 0.5) is 0 Å². The normalized spacial score (nSPS) is 11.2. The van der Waals surface area contributed by atoms with Gasteiger partial charge < -0.3 is 5.73 Å². The topological polar surface area (TPSA) is 99.4 Å². The molecule has 0 unspecified atom stereocenters. The summed E-state index contributed by atoms with van der Waals surface area (Å²) in [5.74, 6) is -0.543. The van der Waals surface area contributed by atoms with Gasteiger partial charge in [0.15, 0.2) is 5.03 Å². The molecule has 0 aliphatic heterocycles. The van der Waals surface area contributed by atoms with E-state index in [1.54, 1.807) is 24.3 Å². The van der Waals surface area contributed by atoms with Gasteiger partial charge in [-0.15, -0.1) is 0 Å². The van der Waals surface area contributed by atoms with Crippen molar-refractivity contribution in [3.05, 3.63) is 59.8 Å². The number of pyridine rings is 1. The van der Waals surface area contributed by atoms with Crippen LogP contribution >= 0.6 is 0 Å². The van der Waals surface area contributed by atoms with Crippen LogP contribution < -0.4 is 5.73 Å². The van der Waals surface area contributed by atoms with Crippen molar-refractivity contribution in [2.75, 3.05) is 0 Å². The van der Waals surface area contributed by atoms with Crippen LogP contribution in [0.5, 0.6) is 0 Å². The average molecular weight is 292 g/mol. The first-order valence-corrected chi connectivity index (χ1v) is 7.09. The first-order chi connectivity index (χ1) is 9.49. The van der Waals surface area contributed by atoms with E-state index < -0.39 is 16.0 Å². The minimum Gasteiger partial charge on any atom is -0.366 e. The van der Waals surface area contributed by atoms with Gasteiger partial charge in [0.2, 0.25) is 5.91 Å². The Labute approximate surface area is 116 Å². The van der Waals surface area contributed by atoms with E-state index in [9.17, 15) is 13.2 Å². The van der Waals surface area contributed by atoms with E-state index in [1.807, 2.05) is 0 Å². The summed E-state index contributed by atoms with van der Waals surface area (Å²) in [4.78, 5) is 14.6. The van der Waals surface area contributed by atoms with Crippen LogP contribution in [0.25, 0.3) is 0 Å². The lowest BCUT2D eigenvalue weighted by Gasteiger charge is -2.05. The fraction of sp³-hybridized carbons (Fsp3) is 0.0769. The van der Waals surface area contributed by atoms with E-state index in [1.165, 1.54) is 24.4 Å². The molecule has 0 radical (unpaired) electrons. The third-order valence-corrected chi connectivity index (χ3v) is 3.70.